The summed E-state index contributed by atoms with van der Waals surface area (Å²) < 4.78 is 21.5. The number of para-hydroxylation sites is 1. The Bertz CT molecular complexity index is 1110. The molecule has 0 fully saturated rings. The molecule has 1 amide bonds. The lowest BCUT2D eigenvalue weighted by Crippen LogP contribution is -2.32. The van der Waals surface area contributed by atoms with Crippen molar-refractivity contribution in [2.45, 2.75) is 13.0 Å². The van der Waals surface area contributed by atoms with Gasteiger partial charge in [-0.05, 0) is 25.1 Å². The fourth-order valence-corrected chi connectivity index (χ4v) is 3.40. The predicted octanol–water partition coefficient (Wildman–Crippen LogP) is 2.87. The van der Waals surface area contributed by atoms with Crippen LogP contribution in [0.15, 0.2) is 59.8 Å². The number of amides is 1. The SMILES string of the molecule is COc1ccccc1-c1nc2n(n1)C(c1ccccc1F)C(C(N)=O)=C(C)N2. The number of hydrogen-bond donors (Lipinski definition) is 2. The molecule has 0 aliphatic carbocycles. The molecule has 142 valence electrons. The molecule has 3 aromatic rings. The first kappa shape index (κ1) is 17.7. The summed E-state index contributed by atoms with van der Waals surface area (Å²) in [6.07, 6.45) is 0. The third-order valence-electron chi connectivity index (χ3n) is 4.67. The number of primary amides is 1. The molecule has 1 aromatic heterocycles. The summed E-state index contributed by atoms with van der Waals surface area (Å²) in [5.74, 6) is 0.267. The van der Waals surface area contributed by atoms with Crippen molar-refractivity contribution >= 4 is 11.9 Å². The first-order chi connectivity index (χ1) is 13.5. The van der Waals surface area contributed by atoms with Gasteiger partial charge >= 0.3 is 0 Å². The smallest absolute Gasteiger partial charge is 0.248 e. The van der Waals surface area contributed by atoms with Crippen molar-refractivity contribution in [2.24, 2.45) is 5.73 Å². The second kappa shape index (κ2) is 6.80. The number of carbonyl (C=O) groups is 1. The average Bonchev–Trinajstić information content (AvgIpc) is 3.10. The first-order valence-corrected chi connectivity index (χ1v) is 8.63. The molecule has 0 bridgehead atoms. The highest BCUT2D eigenvalue weighted by molar-refractivity contribution is 5.95. The molecule has 0 saturated carbocycles. The number of nitrogens with zero attached hydrogens (tertiary/aromatic N) is 3. The molecule has 7 nitrogen and oxygen atoms in total. The number of ether oxygens (including phenoxy) is 1. The van der Waals surface area contributed by atoms with E-state index >= 15 is 0 Å². The van der Waals surface area contributed by atoms with Gasteiger partial charge in [0.2, 0.25) is 11.9 Å². The molecule has 1 unspecified atom stereocenters. The fraction of sp³-hybridized carbons (Fsp3) is 0.150. The summed E-state index contributed by atoms with van der Waals surface area (Å²) in [5, 5.41) is 7.59. The molecule has 8 heteroatoms. The highest BCUT2D eigenvalue weighted by Gasteiger charge is 2.35. The van der Waals surface area contributed by atoms with E-state index in [9.17, 15) is 9.18 Å². The Kier molecular flexibility index (Phi) is 4.31. The summed E-state index contributed by atoms with van der Waals surface area (Å²) in [7, 11) is 1.56. The van der Waals surface area contributed by atoms with Crippen LogP contribution in [0.2, 0.25) is 0 Å². The van der Waals surface area contributed by atoms with Crippen LogP contribution in [0, 0.1) is 5.82 Å². The Morgan fingerprint density at radius 1 is 1.21 bits per heavy atom. The Labute approximate surface area is 160 Å². The topological polar surface area (TPSA) is 95.1 Å². The zero-order valence-electron chi connectivity index (χ0n) is 15.3. The van der Waals surface area contributed by atoms with Crippen LogP contribution in [0.5, 0.6) is 5.75 Å². The largest absolute Gasteiger partial charge is 0.496 e. The van der Waals surface area contributed by atoms with E-state index in [0.717, 1.165) is 0 Å². The van der Waals surface area contributed by atoms with E-state index in [1.165, 1.54) is 10.7 Å². The first-order valence-electron chi connectivity index (χ1n) is 8.63. The van der Waals surface area contributed by atoms with Crippen molar-refractivity contribution in [3.8, 4) is 17.1 Å². The molecule has 0 radical (unpaired) electrons. The number of benzene rings is 2. The highest BCUT2D eigenvalue weighted by atomic mass is 19.1. The number of anilines is 1. The molecule has 1 atom stereocenters. The van der Waals surface area contributed by atoms with Gasteiger partial charge < -0.3 is 15.8 Å². The Morgan fingerprint density at radius 3 is 2.64 bits per heavy atom. The quantitative estimate of drug-likeness (QED) is 0.727. The van der Waals surface area contributed by atoms with Crippen LogP contribution in [0.1, 0.15) is 18.5 Å². The minimum absolute atomic E-state index is 0.231. The maximum absolute atomic E-state index is 14.6. The number of rotatable bonds is 4. The van der Waals surface area contributed by atoms with Gasteiger partial charge in [0.15, 0.2) is 5.82 Å². The van der Waals surface area contributed by atoms with E-state index in [4.69, 9.17) is 10.5 Å². The average molecular weight is 379 g/mol. The maximum Gasteiger partial charge on any atom is 0.248 e. The second-order valence-electron chi connectivity index (χ2n) is 6.36. The molecule has 2 aromatic carbocycles. The van der Waals surface area contributed by atoms with Gasteiger partial charge in [-0.25, -0.2) is 9.07 Å². The molecule has 0 saturated heterocycles. The van der Waals surface area contributed by atoms with Crippen LogP contribution >= 0.6 is 0 Å². The number of allylic oxidation sites excluding steroid dienone is 1. The summed E-state index contributed by atoms with van der Waals surface area (Å²) >= 11 is 0. The van der Waals surface area contributed by atoms with E-state index in [1.807, 2.05) is 18.2 Å². The van der Waals surface area contributed by atoms with Gasteiger partial charge in [0.25, 0.3) is 0 Å². The Balaban J connectivity index is 1.92. The number of aromatic nitrogens is 3. The number of nitrogens with one attached hydrogen (secondary N) is 1. The van der Waals surface area contributed by atoms with E-state index < -0.39 is 17.8 Å². The molecular formula is C20H18FN5O2. The van der Waals surface area contributed by atoms with Gasteiger partial charge in [0.1, 0.15) is 17.6 Å². The Morgan fingerprint density at radius 2 is 1.93 bits per heavy atom. The molecular weight excluding hydrogens is 361 g/mol. The third-order valence-corrected chi connectivity index (χ3v) is 4.67. The van der Waals surface area contributed by atoms with Crippen LogP contribution in [0.25, 0.3) is 11.4 Å². The van der Waals surface area contributed by atoms with Crippen LogP contribution < -0.4 is 15.8 Å². The summed E-state index contributed by atoms with van der Waals surface area (Å²) in [4.78, 5) is 16.7. The van der Waals surface area contributed by atoms with Gasteiger partial charge in [-0.1, -0.05) is 30.3 Å². The van der Waals surface area contributed by atoms with E-state index in [2.05, 4.69) is 15.4 Å². The van der Waals surface area contributed by atoms with Gasteiger partial charge in [-0.15, -0.1) is 5.10 Å². The van der Waals surface area contributed by atoms with E-state index in [-0.39, 0.29) is 11.1 Å². The van der Waals surface area contributed by atoms with Crippen molar-refractivity contribution in [1.82, 2.24) is 14.8 Å². The van der Waals surface area contributed by atoms with E-state index in [0.29, 0.717) is 28.8 Å². The van der Waals surface area contributed by atoms with Crippen molar-refractivity contribution < 1.29 is 13.9 Å². The maximum atomic E-state index is 14.6. The van der Waals surface area contributed by atoms with Gasteiger partial charge in [0, 0.05) is 11.3 Å². The molecule has 1 aliphatic heterocycles. The minimum Gasteiger partial charge on any atom is -0.496 e. The van der Waals surface area contributed by atoms with Crippen molar-refractivity contribution in [2.75, 3.05) is 12.4 Å². The molecule has 4 rings (SSSR count). The lowest BCUT2D eigenvalue weighted by Gasteiger charge is -2.27. The Hall–Kier alpha value is -3.68. The van der Waals surface area contributed by atoms with Crippen LogP contribution in [-0.4, -0.2) is 27.8 Å². The number of methoxy groups -OCH3 is 1. The van der Waals surface area contributed by atoms with Crippen molar-refractivity contribution in [1.29, 1.82) is 0 Å². The summed E-state index contributed by atoms with van der Waals surface area (Å²) in [5.41, 5.74) is 7.32. The number of hydrogen-bond acceptors (Lipinski definition) is 5. The molecule has 0 spiro atoms. The standard InChI is InChI=1S/C20H18FN5O2/c1-11-16(18(22)27)17(12-7-3-5-9-14(12)21)26-20(23-11)24-19(25-26)13-8-4-6-10-15(13)28-2/h3-10,17H,1-2H3,(H2,22,27)(H,23,24,25). The lowest BCUT2D eigenvalue weighted by molar-refractivity contribution is -0.115. The van der Waals surface area contributed by atoms with Crippen LogP contribution in [0.3, 0.4) is 0 Å². The number of nitrogens with two attached hydrogens (primary N) is 1. The van der Waals surface area contributed by atoms with E-state index in [1.54, 1.807) is 38.3 Å². The van der Waals surface area contributed by atoms with Gasteiger partial charge in [-0.3, -0.25) is 4.79 Å². The second-order valence-corrected chi connectivity index (χ2v) is 6.36. The predicted molar refractivity (Wildman–Crippen MR) is 102 cm³/mol. The summed E-state index contributed by atoms with van der Waals surface area (Å²) in [6.45, 7) is 1.70. The summed E-state index contributed by atoms with van der Waals surface area (Å²) in [6, 6.07) is 12.7. The van der Waals surface area contributed by atoms with Crippen LogP contribution in [0.4, 0.5) is 10.3 Å². The molecule has 3 N–H and O–H groups in total. The monoisotopic (exact) mass is 379 g/mol. The minimum atomic E-state index is -0.828. The zero-order valence-corrected chi connectivity index (χ0v) is 15.3. The van der Waals surface area contributed by atoms with Crippen LogP contribution in [-0.2, 0) is 4.79 Å². The fourth-order valence-electron chi connectivity index (χ4n) is 3.40. The zero-order chi connectivity index (χ0) is 19.8. The number of halogens is 1. The van der Waals surface area contributed by atoms with Gasteiger partial charge in [-0.2, -0.15) is 4.98 Å². The highest BCUT2D eigenvalue weighted by Crippen LogP contribution is 2.38. The normalized spacial score (nSPS) is 15.8. The third kappa shape index (κ3) is 2.79. The molecule has 2 heterocycles. The van der Waals surface area contributed by atoms with Crippen molar-refractivity contribution in [3.63, 3.8) is 0 Å². The molecule has 1 aliphatic rings. The molecule has 28 heavy (non-hydrogen) atoms. The van der Waals surface area contributed by atoms with Crippen molar-refractivity contribution in [3.05, 3.63) is 71.2 Å². The number of fused-ring (bicyclic) bond motifs is 1. The van der Waals surface area contributed by atoms with Gasteiger partial charge in [0.05, 0.1) is 18.2 Å². The number of carbonyl (C=O) groups excluding carboxylic acids is 1. The lowest BCUT2D eigenvalue weighted by atomic mass is 9.95.